The standard InChI is InChI=1S/C24H21N3O5/c28-22(15-19-8-4-5-9-21(19)27(31)32)24(30)26-20-12-10-17(11-13-20)14-23(29)25-16-18-6-2-1-3-7-18/h1-13H,14-16H2,(H,25,29)(H,26,30). The van der Waals surface area contributed by atoms with Crippen molar-refractivity contribution in [3.8, 4) is 0 Å². The van der Waals surface area contributed by atoms with Crippen molar-refractivity contribution in [2.45, 2.75) is 19.4 Å². The molecule has 0 fully saturated rings. The summed E-state index contributed by atoms with van der Waals surface area (Å²) in [7, 11) is 0. The Morgan fingerprint density at radius 1 is 0.781 bits per heavy atom. The van der Waals surface area contributed by atoms with Gasteiger partial charge in [-0.05, 0) is 23.3 Å². The number of nitrogens with one attached hydrogen (secondary N) is 2. The second-order valence-corrected chi connectivity index (χ2v) is 7.08. The van der Waals surface area contributed by atoms with Gasteiger partial charge in [0.25, 0.3) is 11.6 Å². The summed E-state index contributed by atoms with van der Waals surface area (Å²) in [5.41, 5.74) is 2.11. The Labute approximate surface area is 184 Å². The molecule has 0 bridgehead atoms. The van der Waals surface area contributed by atoms with Crippen LogP contribution in [0.15, 0.2) is 78.9 Å². The number of ketones is 1. The first kappa shape index (κ1) is 22.4. The Bertz CT molecular complexity index is 1130. The van der Waals surface area contributed by atoms with Crippen molar-refractivity contribution in [3.63, 3.8) is 0 Å². The molecule has 0 unspecified atom stereocenters. The minimum Gasteiger partial charge on any atom is -0.352 e. The maximum Gasteiger partial charge on any atom is 0.292 e. The van der Waals surface area contributed by atoms with Crippen LogP contribution in [-0.2, 0) is 33.8 Å². The van der Waals surface area contributed by atoms with Crippen LogP contribution in [0.1, 0.15) is 16.7 Å². The van der Waals surface area contributed by atoms with E-state index in [-0.39, 0.29) is 30.0 Å². The second-order valence-electron chi connectivity index (χ2n) is 7.08. The number of hydrogen-bond acceptors (Lipinski definition) is 5. The van der Waals surface area contributed by atoms with E-state index in [2.05, 4.69) is 10.6 Å². The fraction of sp³-hybridized carbons (Fsp3) is 0.125. The fourth-order valence-electron chi connectivity index (χ4n) is 3.04. The van der Waals surface area contributed by atoms with E-state index in [1.807, 2.05) is 30.3 Å². The summed E-state index contributed by atoms with van der Waals surface area (Å²) < 4.78 is 0. The molecule has 0 atom stereocenters. The monoisotopic (exact) mass is 431 g/mol. The lowest BCUT2D eigenvalue weighted by Gasteiger charge is -2.08. The number of benzene rings is 3. The third kappa shape index (κ3) is 6.33. The molecule has 0 aliphatic rings. The molecular weight excluding hydrogens is 410 g/mol. The van der Waals surface area contributed by atoms with Crippen LogP contribution in [0.25, 0.3) is 0 Å². The molecule has 0 aromatic heterocycles. The van der Waals surface area contributed by atoms with Crippen LogP contribution in [0.2, 0.25) is 0 Å². The fourth-order valence-corrected chi connectivity index (χ4v) is 3.04. The molecule has 0 aliphatic heterocycles. The first-order valence-corrected chi connectivity index (χ1v) is 9.88. The van der Waals surface area contributed by atoms with Gasteiger partial charge in [-0.3, -0.25) is 24.5 Å². The summed E-state index contributed by atoms with van der Waals surface area (Å²) in [5, 5.41) is 16.4. The number of para-hydroxylation sites is 1. The van der Waals surface area contributed by atoms with Crippen molar-refractivity contribution in [2.75, 3.05) is 5.32 Å². The van der Waals surface area contributed by atoms with Crippen LogP contribution in [0.5, 0.6) is 0 Å². The summed E-state index contributed by atoms with van der Waals surface area (Å²) >= 11 is 0. The molecule has 3 rings (SSSR count). The molecule has 0 aliphatic carbocycles. The van der Waals surface area contributed by atoms with Crippen molar-refractivity contribution in [2.24, 2.45) is 0 Å². The number of nitro benzene ring substituents is 1. The first-order valence-electron chi connectivity index (χ1n) is 9.88. The summed E-state index contributed by atoms with van der Waals surface area (Å²) in [4.78, 5) is 47.0. The van der Waals surface area contributed by atoms with Crippen molar-refractivity contribution >= 4 is 29.0 Å². The summed E-state index contributed by atoms with van der Waals surface area (Å²) in [6.45, 7) is 0.440. The third-order valence-electron chi connectivity index (χ3n) is 4.70. The Kier molecular flexibility index (Phi) is 7.42. The Hall–Kier alpha value is -4.33. The molecule has 0 saturated carbocycles. The number of nitro groups is 1. The smallest absolute Gasteiger partial charge is 0.292 e. The zero-order valence-electron chi connectivity index (χ0n) is 17.1. The lowest BCUT2D eigenvalue weighted by Crippen LogP contribution is -2.25. The highest BCUT2D eigenvalue weighted by molar-refractivity contribution is 6.41. The van der Waals surface area contributed by atoms with Gasteiger partial charge in [-0.25, -0.2) is 0 Å². The lowest BCUT2D eigenvalue weighted by atomic mass is 10.1. The van der Waals surface area contributed by atoms with Gasteiger partial charge in [-0.15, -0.1) is 0 Å². The van der Waals surface area contributed by atoms with Gasteiger partial charge in [-0.2, -0.15) is 0 Å². The molecule has 3 aromatic rings. The third-order valence-corrected chi connectivity index (χ3v) is 4.70. The normalized spacial score (nSPS) is 10.2. The molecule has 8 heteroatoms. The van der Waals surface area contributed by atoms with Crippen LogP contribution in [0.4, 0.5) is 11.4 Å². The van der Waals surface area contributed by atoms with E-state index in [1.54, 1.807) is 30.3 Å². The van der Waals surface area contributed by atoms with Crippen LogP contribution in [0, 0.1) is 10.1 Å². The van der Waals surface area contributed by atoms with Gasteiger partial charge in [0, 0.05) is 30.3 Å². The van der Waals surface area contributed by atoms with Crippen molar-refractivity contribution < 1.29 is 19.3 Å². The van der Waals surface area contributed by atoms with Crippen LogP contribution < -0.4 is 10.6 Å². The van der Waals surface area contributed by atoms with E-state index in [0.29, 0.717) is 12.2 Å². The summed E-state index contributed by atoms with van der Waals surface area (Å²) in [6, 6.07) is 21.9. The van der Waals surface area contributed by atoms with Crippen LogP contribution in [0.3, 0.4) is 0 Å². The van der Waals surface area contributed by atoms with Gasteiger partial charge in [0.15, 0.2) is 0 Å². The Balaban J connectivity index is 1.51. The number of carbonyl (C=O) groups is 3. The number of anilines is 1. The molecule has 2 N–H and O–H groups in total. The number of rotatable bonds is 9. The van der Waals surface area contributed by atoms with Gasteiger partial charge in [0.2, 0.25) is 11.7 Å². The van der Waals surface area contributed by atoms with Gasteiger partial charge >= 0.3 is 0 Å². The molecular formula is C24H21N3O5. The minimum atomic E-state index is -0.864. The van der Waals surface area contributed by atoms with Crippen molar-refractivity contribution in [1.82, 2.24) is 5.32 Å². The molecule has 162 valence electrons. The van der Waals surface area contributed by atoms with Crippen LogP contribution in [-0.4, -0.2) is 22.5 Å². The first-order chi connectivity index (χ1) is 15.4. The highest BCUT2D eigenvalue weighted by Crippen LogP contribution is 2.18. The average Bonchev–Trinajstić information content (AvgIpc) is 2.80. The van der Waals surface area contributed by atoms with E-state index < -0.39 is 16.6 Å². The largest absolute Gasteiger partial charge is 0.352 e. The zero-order chi connectivity index (χ0) is 22.9. The van der Waals surface area contributed by atoms with Gasteiger partial charge in [0.05, 0.1) is 11.3 Å². The molecule has 0 heterocycles. The van der Waals surface area contributed by atoms with E-state index in [9.17, 15) is 24.5 Å². The SMILES string of the molecule is O=C(Cc1ccc(NC(=O)C(=O)Cc2ccccc2[N+](=O)[O-])cc1)NCc1ccccc1. The minimum absolute atomic E-state index is 0.134. The van der Waals surface area contributed by atoms with Crippen molar-refractivity contribution in [1.29, 1.82) is 0 Å². The Morgan fingerprint density at radius 2 is 1.44 bits per heavy atom. The predicted molar refractivity (Wildman–Crippen MR) is 119 cm³/mol. The summed E-state index contributed by atoms with van der Waals surface area (Å²) in [6.07, 6.45) is -0.194. The zero-order valence-corrected chi connectivity index (χ0v) is 17.1. The van der Waals surface area contributed by atoms with E-state index in [1.165, 1.54) is 18.2 Å². The second kappa shape index (κ2) is 10.6. The van der Waals surface area contributed by atoms with Crippen molar-refractivity contribution in [3.05, 3.63) is 106 Å². The quantitative estimate of drug-likeness (QED) is 0.306. The molecule has 32 heavy (non-hydrogen) atoms. The maximum atomic E-state index is 12.2. The van der Waals surface area contributed by atoms with E-state index in [0.717, 1.165) is 11.1 Å². The molecule has 3 aromatic carbocycles. The molecule has 0 spiro atoms. The van der Waals surface area contributed by atoms with Gasteiger partial charge in [-0.1, -0.05) is 60.7 Å². The number of Topliss-reactive ketones (excluding diaryl/α,β-unsaturated/α-hetero) is 1. The molecule has 0 radical (unpaired) electrons. The highest BCUT2D eigenvalue weighted by Gasteiger charge is 2.20. The Morgan fingerprint density at radius 3 is 2.12 bits per heavy atom. The van der Waals surface area contributed by atoms with E-state index >= 15 is 0 Å². The van der Waals surface area contributed by atoms with Gasteiger partial charge < -0.3 is 10.6 Å². The predicted octanol–water partition coefficient (Wildman–Crippen LogP) is 3.20. The maximum absolute atomic E-state index is 12.2. The van der Waals surface area contributed by atoms with E-state index in [4.69, 9.17) is 0 Å². The lowest BCUT2D eigenvalue weighted by molar-refractivity contribution is -0.385. The molecule has 0 saturated heterocycles. The highest BCUT2D eigenvalue weighted by atomic mass is 16.6. The molecule has 2 amide bonds. The van der Waals surface area contributed by atoms with Gasteiger partial charge in [0.1, 0.15) is 0 Å². The number of carbonyl (C=O) groups excluding carboxylic acids is 3. The number of nitrogens with zero attached hydrogens (tertiary/aromatic N) is 1. The summed E-state index contributed by atoms with van der Waals surface area (Å²) in [5.74, 6) is -1.79. The number of amides is 2. The van der Waals surface area contributed by atoms with Crippen LogP contribution >= 0.6 is 0 Å². The average molecular weight is 431 g/mol. The topological polar surface area (TPSA) is 118 Å². The number of hydrogen-bond donors (Lipinski definition) is 2. The molecule has 8 nitrogen and oxygen atoms in total.